The Labute approximate surface area is 171 Å². The highest BCUT2D eigenvalue weighted by molar-refractivity contribution is 7.93. The van der Waals surface area contributed by atoms with Crippen LogP contribution in [0.3, 0.4) is 0 Å². The average Bonchev–Trinajstić information content (AvgIpc) is 3.35. The maximum Gasteiger partial charge on any atom is 0.264 e. The monoisotopic (exact) mass is 421 g/mol. The van der Waals surface area contributed by atoms with E-state index in [1.165, 1.54) is 6.07 Å². The van der Waals surface area contributed by atoms with Crippen LogP contribution in [0, 0.1) is 6.92 Å². The molecule has 0 unspecified atom stereocenters. The minimum Gasteiger partial charge on any atom is -0.306 e. The van der Waals surface area contributed by atoms with Gasteiger partial charge in [0.15, 0.2) is 0 Å². The lowest BCUT2D eigenvalue weighted by Crippen LogP contribution is -2.14. The summed E-state index contributed by atoms with van der Waals surface area (Å²) in [4.78, 5) is 4.72. The number of hydrogen-bond donors (Lipinski definition) is 1. The molecule has 3 aromatic heterocycles. The lowest BCUT2D eigenvalue weighted by molar-refractivity contribution is 0.602. The van der Waals surface area contributed by atoms with Crippen LogP contribution in [-0.2, 0) is 10.0 Å². The first-order valence-corrected chi connectivity index (χ1v) is 11.0. The number of nitrogens with one attached hydrogen (secondary N) is 1. The first kappa shape index (κ1) is 17.8. The van der Waals surface area contributed by atoms with E-state index >= 15 is 0 Å². The maximum absolute atomic E-state index is 13.1. The van der Waals surface area contributed by atoms with Gasteiger partial charge in [0.25, 0.3) is 10.0 Å². The number of pyridine rings is 1. The molecular weight excluding hydrogens is 406 g/mol. The van der Waals surface area contributed by atoms with Gasteiger partial charge in [0, 0.05) is 18.0 Å². The van der Waals surface area contributed by atoms with Gasteiger partial charge in [0.1, 0.15) is 21.6 Å². The second-order valence-corrected chi connectivity index (χ2v) is 8.79. The number of benzene rings is 2. The second-order valence-electron chi connectivity index (χ2n) is 6.62. The van der Waals surface area contributed by atoms with Crippen LogP contribution < -0.4 is 4.72 Å². The third-order valence-corrected chi connectivity index (χ3v) is 6.62. The fraction of sp³-hybridized carbons (Fsp3) is 0.0500. The molecule has 0 aliphatic carbocycles. The molecule has 0 atom stereocenters. The van der Waals surface area contributed by atoms with Crippen LogP contribution in [0.5, 0.6) is 0 Å². The smallest absolute Gasteiger partial charge is 0.264 e. The van der Waals surface area contributed by atoms with E-state index in [0.717, 1.165) is 34.2 Å². The molecule has 3 heterocycles. The van der Waals surface area contributed by atoms with Crippen molar-refractivity contribution in [3.8, 4) is 11.3 Å². The lowest BCUT2D eigenvalue weighted by Gasteiger charge is -2.12. The summed E-state index contributed by atoms with van der Waals surface area (Å²) in [5, 5.41) is 0. The molecule has 0 saturated heterocycles. The van der Waals surface area contributed by atoms with Crippen molar-refractivity contribution in [2.75, 3.05) is 4.72 Å². The molecule has 1 N–H and O–H groups in total. The summed E-state index contributed by atoms with van der Waals surface area (Å²) in [6, 6.07) is 16.3. The van der Waals surface area contributed by atoms with E-state index in [-0.39, 0.29) is 4.90 Å². The summed E-state index contributed by atoms with van der Waals surface area (Å²) in [6.07, 6.45) is 3.84. The molecule has 5 rings (SSSR count). The molecule has 0 spiro atoms. The predicted octanol–water partition coefficient (Wildman–Crippen LogP) is 4.12. The molecule has 0 radical (unpaired) electrons. The van der Waals surface area contributed by atoms with Crippen molar-refractivity contribution in [1.29, 1.82) is 0 Å². The van der Waals surface area contributed by atoms with Gasteiger partial charge in [-0.2, -0.15) is 8.75 Å². The molecule has 144 valence electrons. The molecule has 0 saturated carbocycles. The van der Waals surface area contributed by atoms with E-state index < -0.39 is 10.0 Å². The summed E-state index contributed by atoms with van der Waals surface area (Å²) < 4.78 is 39.0. The first-order valence-electron chi connectivity index (χ1n) is 8.80. The predicted molar refractivity (Wildman–Crippen MR) is 114 cm³/mol. The summed E-state index contributed by atoms with van der Waals surface area (Å²) >= 11 is 0.991. The summed E-state index contributed by atoms with van der Waals surface area (Å²) in [5.74, 6) is 0. The number of anilines is 1. The number of aromatic nitrogens is 4. The van der Waals surface area contributed by atoms with Gasteiger partial charge in [-0.15, -0.1) is 0 Å². The van der Waals surface area contributed by atoms with Crippen molar-refractivity contribution in [1.82, 2.24) is 18.1 Å². The molecule has 29 heavy (non-hydrogen) atoms. The summed E-state index contributed by atoms with van der Waals surface area (Å²) in [6.45, 7) is 1.86. The number of fused-ring (bicyclic) bond motifs is 2. The Kier molecular flexibility index (Phi) is 4.07. The quantitative estimate of drug-likeness (QED) is 0.472. The van der Waals surface area contributed by atoms with Crippen molar-refractivity contribution < 1.29 is 8.42 Å². The largest absolute Gasteiger partial charge is 0.306 e. The Bertz CT molecular complexity index is 1440. The van der Waals surface area contributed by atoms with Gasteiger partial charge in [0.2, 0.25) is 0 Å². The van der Waals surface area contributed by atoms with Gasteiger partial charge in [-0.3, -0.25) is 4.72 Å². The normalized spacial score (nSPS) is 11.9. The third-order valence-electron chi connectivity index (χ3n) is 4.68. The highest BCUT2D eigenvalue weighted by Crippen LogP contribution is 2.28. The van der Waals surface area contributed by atoms with Crippen molar-refractivity contribution >= 4 is 44.1 Å². The van der Waals surface area contributed by atoms with Crippen LogP contribution in [0.4, 0.5) is 5.69 Å². The first-order chi connectivity index (χ1) is 14.0. The van der Waals surface area contributed by atoms with Gasteiger partial charge < -0.3 is 4.40 Å². The van der Waals surface area contributed by atoms with Crippen LogP contribution in [0.15, 0.2) is 71.9 Å². The fourth-order valence-electron chi connectivity index (χ4n) is 3.16. The number of nitrogens with zero attached hydrogens (tertiary/aromatic N) is 4. The minimum atomic E-state index is -3.83. The minimum absolute atomic E-state index is 0.112. The van der Waals surface area contributed by atoms with Crippen LogP contribution in [0.1, 0.15) is 5.56 Å². The zero-order chi connectivity index (χ0) is 20.0. The Morgan fingerprint density at radius 3 is 2.79 bits per heavy atom. The van der Waals surface area contributed by atoms with E-state index in [4.69, 9.17) is 0 Å². The third kappa shape index (κ3) is 3.14. The molecule has 0 aliphatic rings. The average molecular weight is 422 g/mol. The molecule has 7 nitrogen and oxygen atoms in total. The number of aryl methyl sites for hydroxylation is 1. The van der Waals surface area contributed by atoms with Crippen LogP contribution in [0.25, 0.3) is 27.9 Å². The van der Waals surface area contributed by atoms with E-state index in [0.29, 0.717) is 16.7 Å². The highest BCUT2D eigenvalue weighted by Gasteiger charge is 2.21. The molecule has 2 aromatic carbocycles. The molecule has 0 fully saturated rings. The number of hydrogen-bond acceptors (Lipinski definition) is 6. The topological polar surface area (TPSA) is 89.2 Å². The van der Waals surface area contributed by atoms with Gasteiger partial charge in [-0.05, 0) is 42.8 Å². The molecule has 9 heteroatoms. The molecule has 0 aliphatic heterocycles. The number of sulfonamides is 1. The summed E-state index contributed by atoms with van der Waals surface area (Å²) in [7, 11) is -3.83. The molecule has 0 bridgehead atoms. The Morgan fingerprint density at radius 2 is 1.93 bits per heavy atom. The number of imidazole rings is 1. The fourth-order valence-corrected chi connectivity index (χ4v) is 5.05. The SMILES string of the molecule is Cc1ccc(-c2cn3ccccc3n2)cc1NS(=O)(=O)c1cccc2nsnc12. The molecule has 0 amide bonds. The van der Waals surface area contributed by atoms with Gasteiger partial charge in [-0.1, -0.05) is 24.3 Å². The van der Waals surface area contributed by atoms with Crippen molar-refractivity contribution in [2.24, 2.45) is 0 Å². The van der Waals surface area contributed by atoms with Crippen LogP contribution in [-0.4, -0.2) is 26.5 Å². The lowest BCUT2D eigenvalue weighted by atomic mass is 10.1. The van der Waals surface area contributed by atoms with E-state index in [1.807, 2.05) is 54.0 Å². The molecular formula is C20H15N5O2S2. The van der Waals surface area contributed by atoms with Crippen molar-refractivity contribution in [2.45, 2.75) is 11.8 Å². The van der Waals surface area contributed by atoms with Crippen molar-refractivity contribution in [3.63, 3.8) is 0 Å². The van der Waals surface area contributed by atoms with Crippen LogP contribution >= 0.6 is 11.7 Å². The Balaban J connectivity index is 1.56. The second kappa shape index (κ2) is 6.64. The standard InChI is InChI=1S/C20H15N5O2S2/c1-13-8-9-14(17-12-25-10-3-2-7-19(25)21-17)11-16(13)24-29(26,27)18-6-4-5-15-20(18)23-28-22-15/h2-12,24H,1H3. The van der Waals surface area contributed by atoms with Gasteiger partial charge >= 0.3 is 0 Å². The van der Waals surface area contributed by atoms with Crippen LogP contribution in [0.2, 0.25) is 0 Å². The highest BCUT2D eigenvalue weighted by atomic mass is 32.2. The number of rotatable bonds is 4. The summed E-state index contributed by atoms with van der Waals surface area (Å²) in [5.41, 5.74) is 4.66. The van der Waals surface area contributed by atoms with E-state index in [1.54, 1.807) is 18.2 Å². The Morgan fingerprint density at radius 1 is 1.03 bits per heavy atom. The maximum atomic E-state index is 13.1. The van der Waals surface area contributed by atoms with Crippen molar-refractivity contribution in [3.05, 3.63) is 72.6 Å². The Hall–Kier alpha value is -3.30. The molecule has 5 aromatic rings. The van der Waals surface area contributed by atoms with E-state index in [9.17, 15) is 8.42 Å². The van der Waals surface area contributed by atoms with E-state index in [2.05, 4.69) is 18.5 Å². The zero-order valence-corrected chi connectivity index (χ0v) is 16.9. The van der Waals surface area contributed by atoms with Gasteiger partial charge in [0.05, 0.1) is 23.1 Å². The zero-order valence-electron chi connectivity index (χ0n) is 15.3. The van der Waals surface area contributed by atoms with Gasteiger partial charge in [-0.25, -0.2) is 13.4 Å².